The molecule has 0 aromatic heterocycles. The molecule has 19 heavy (non-hydrogen) atoms. The van der Waals surface area contributed by atoms with E-state index in [1.54, 1.807) is 13.1 Å². The average molecular weight is 269 g/mol. The number of hydrogen-bond donors (Lipinski definition) is 2. The normalized spacial score (nSPS) is 18.5. The van der Waals surface area contributed by atoms with E-state index in [1.165, 1.54) is 19.2 Å². The summed E-state index contributed by atoms with van der Waals surface area (Å²) in [6, 6.07) is 3.67. The largest absolute Gasteiger partial charge is 0.494 e. The van der Waals surface area contributed by atoms with Gasteiger partial charge < -0.3 is 19.9 Å². The van der Waals surface area contributed by atoms with Crippen LogP contribution in [-0.4, -0.2) is 44.5 Å². The monoisotopic (exact) mass is 269 g/mol. The Hall–Kier alpha value is -1.66. The molecule has 1 saturated heterocycles. The van der Waals surface area contributed by atoms with Crippen LogP contribution in [-0.2, 0) is 14.9 Å². The first kappa shape index (κ1) is 13.8. The quantitative estimate of drug-likeness (QED) is 0.826. The van der Waals surface area contributed by atoms with Gasteiger partial charge in [-0.2, -0.15) is 0 Å². The van der Waals surface area contributed by atoms with E-state index in [9.17, 15) is 14.3 Å². The number of likely N-dealkylation sites (N-methyl/N-ethyl adjacent to an activating group) is 1. The van der Waals surface area contributed by atoms with Crippen molar-refractivity contribution in [1.82, 2.24) is 5.32 Å². The van der Waals surface area contributed by atoms with E-state index >= 15 is 0 Å². The summed E-state index contributed by atoms with van der Waals surface area (Å²) in [6.07, 6.45) is 0. The second kappa shape index (κ2) is 5.14. The summed E-state index contributed by atoms with van der Waals surface area (Å²) in [7, 11) is 2.95. The minimum atomic E-state index is -0.984. The Labute approximate surface area is 110 Å². The van der Waals surface area contributed by atoms with Gasteiger partial charge in [0.1, 0.15) is 6.04 Å². The van der Waals surface area contributed by atoms with Crippen LogP contribution < -0.4 is 10.1 Å². The van der Waals surface area contributed by atoms with Crippen LogP contribution in [0.2, 0.25) is 0 Å². The number of nitrogens with one attached hydrogen (secondary N) is 1. The first-order valence-corrected chi connectivity index (χ1v) is 5.87. The maximum absolute atomic E-state index is 13.8. The van der Waals surface area contributed by atoms with E-state index < -0.39 is 23.2 Å². The lowest BCUT2D eigenvalue weighted by molar-refractivity contribution is -0.150. The zero-order chi connectivity index (χ0) is 14.0. The zero-order valence-corrected chi connectivity index (χ0v) is 10.8. The molecular weight excluding hydrogens is 253 g/mol. The summed E-state index contributed by atoms with van der Waals surface area (Å²) in [5.74, 6) is -1.36. The summed E-state index contributed by atoms with van der Waals surface area (Å²) < 4.78 is 23.8. The van der Waals surface area contributed by atoms with Crippen LogP contribution in [0.3, 0.4) is 0 Å². The minimum Gasteiger partial charge on any atom is -0.494 e. The summed E-state index contributed by atoms with van der Waals surface area (Å²) in [6.45, 7) is 0.493. The Morgan fingerprint density at radius 1 is 1.58 bits per heavy atom. The smallest absolute Gasteiger partial charge is 0.321 e. The van der Waals surface area contributed by atoms with Gasteiger partial charge in [-0.25, -0.2) is 4.39 Å². The Bertz CT molecular complexity index is 488. The van der Waals surface area contributed by atoms with Gasteiger partial charge >= 0.3 is 5.97 Å². The van der Waals surface area contributed by atoms with Gasteiger partial charge in [0.15, 0.2) is 11.6 Å². The number of carbonyl (C=O) groups is 1. The second-order valence-corrected chi connectivity index (χ2v) is 4.56. The van der Waals surface area contributed by atoms with Crippen molar-refractivity contribution in [3.63, 3.8) is 0 Å². The number of methoxy groups -OCH3 is 1. The highest BCUT2D eigenvalue weighted by Gasteiger charge is 2.50. The average Bonchev–Trinajstić information content (AvgIpc) is 2.32. The third-order valence-corrected chi connectivity index (χ3v) is 3.53. The molecule has 1 heterocycles. The van der Waals surface area contributed by atoms with Gasteiger partial charge in [0.05, 0.1) is 25.7 Å². The number of carboxylic acid groups (broad SMARTS) is 1. The third kappa shape index (κ3) is 2.17. The first-order chi connectivity index (χ1) is 9.05. The van der Waals surface area contributed by atoms with Crippen molar-refractivity contribution in [1.29, 1.82) is 0 Å². The van der Waals surface area contributed by atoms with Crippen LogP contribution in [0.1, 0.15) is 5.56 Å². The molecule has 6 heteroatoms. The lowest BCUT2D eigenvalue weighted by Crippen LogP contribution is -2.62. The molecule has 0 amide bonds. The number of benzene rings is 1. The van der Waals surface area contributed by atoms with E-state index in [-0.39, 0.29) is 19.0 Å². The molecule has 0 saturated carbocycles. The molecule has 1 aliphatic rings. The fourth-order valence-corrected chi connectivity index (χ4v) is 2.43. The van der Waals surface area contributed by atoms with Crippen molar-refractivity contribution in [2.24, 2.45) is 0 Å². The molecule has 1 aliphatic heterocycles. The predicted molar refractivity (Wildman–Crippen MR) is 65.9 cm³/mol. The van der Waals surface area contributed by atoms with Gasteiger partial charge in [-0.15, -0.1) is 0 Å². The number of hydrogen-bond acceptors (Lipinski definition) is 4. The van der Waals surface area contributed by atoms with E-state index in [1.807, 2.05) is 0 Å². The molecule has 1 unspecified atom stereocenters. The van der Waals surface area contributed by atoms with Crippen molar-refractivity contribution in [2.75, 3.05) is 27.4 Å². The van der Waals surface area contributed by atoms with Gasteiger partial charge in [-0.1, -0.05) is 6.07 Å². The predicted octanol–water partition coefficient (Wildman–Crippen LogP) is 0.775. The van der Waals surface area contributed by atoms with Gasteiger partial charge in [0, 0.05) is 0 Å². The fraction of sp³-hybridized carbons (Fsp3) is 0.462. The van der Waals surface area contributed by atoms with Crippen LogP contribution >= 0.6 is 0 Å². The Balaban J connectivity index is 2.41. The van der Waals surface area contributed by atoms with Crippen molar-refractivity contribution in [3.05, 3.63) is 29.6 Å². The van der Waals surface area contributed by atoms with Crippen molar-refractivity contribution >= 4 is 5.97 Å². The Morgan fingerprint density at radius 2 is 2.26 bits per heavy atom. The van der Waals surface area contributed by atoms with Crippen LogP contribution in [0.4, 0.5) is 4.39 Å². The number of halogens is 1. The highest BCUT2D eigenvalue weighted by atomic mass is 19.1. The molecule has 0 aliphatic carbocycles. The lowest BCUT2D eigenvalue weighted by Gasteiger charge is -2.45. The first-order valence-electron chi connectivity index (χ1n) is 5.87. The van der Waals surface area contributed by atoms with Gasteiger partial charge in [-0.3, -0.25) is 4.79 Å². The molecule has 1 atom stereocenters. The van der Waals surface area contributed by atoms with Crippen LogP contribution in [0.25, 0.3) is 0 Å². The van der Waals surface area contributed by atoms with Crippen LogP contribution in [0, 0.1) is 5.82 Å². The van der Waals surface area contributed by atoms with E-state index in [4.69, 9.17) is 9.47 Å². The zero-order valence-electron chi connectivity index (χ0n) is 10.8. The van der Waals surface area contributed by atoms with Gasteiger partial charge in [-0.05, 0) is 24.7 Å². The van der Waals surface area contributed by atoms with Gasteiger partial charge in [0.25, 0.3) is 0 Å². The lowest BCUT2D eigenvalue weighted by atomic mass is 9.72. The maximum atomic E-state index is 13.8. The topological polar surface area (TPSA) is 67.8 Å². The van der Waals surface area contributed by atoms with E-state index in [0.29, 0.717) is 5.56 Å². The molecule has 5 nitrogen and oxygen atoms in total. The Morgan fingerprint density at radius 3 is 2.63 bits per heavy atom. The molecule has 2 N–H and O–H groups in total. The van der Waals surface area contributed by atoms with Crippen molar-refractivity contribution < 1.29 is 23.8 Å². The highest BCUT2D eigenvalue weighted by molar-refractivity contribution is 5.76. The van der Waals surface area contributed by atoms with Crippen molar-refractivity contribution in [3.8, 4) is 5.75 Å². The standard InChI is InChI=1S/C13H16FNO4/c1-15-11(12(16)17)13(6-19-7-13)8-3-4-10(18-2)9(14)5-8/h3-5,11,15H,6-7H2,1-2H3,(H,16,17). The molecule has 0 spiro atoms. The van der Waals surface area contributed by atoms with Crippen LogP contribution in [0.5, 0.6) is 5.75 Å². The molecule has 1 aromatic rings. The third-order valence-electron chi connectivity index (χ3n) is 3.53. The highest BCUT2D eigenvalue weighted by Crippen LogP contribution is 2.37. The molecular formula is C13H16FNO4. The molecule has 1 aromatic carbocycles. The summed E-state index contributed by atoms with van der Waals surface area (Å²) in [4.78, 5) is 11.3. The number of carboxylic acids is 1. The number of rotatable bonds is 5. The molecule has 2 rings (SSSR count). The van der Waals surface area contributed by atoms with Crippen molar-refractivity contribution in [2.45, 2.75) is 11.5 Å². The maximum Gasteiger partial charge on any atom is 0.321 e. The fourth-order valence-electron chi connectivity index (χ4n) is 2.43. The van der Waals surface area contributed by atoms with E-state index in [2.05, 4.69) is 5.32 Å². The summed E-state index contributed by atoms with van der Waals surface area (Å²) in [5, 5.41) is 12.0. The van der Waals surface area contributed by atoms with Crippen LogP contribution in [0.15, 0.2) is 18.2 Å². The molecule has 104 valence electrons. The second-order valence-electron chi connectivity index (χ2n) is 4.56. The SMILES string of the molecule is CNC(C(=O)O)C1(c2ccc(OC)c(F)c2)COC1. The Kier molecular flexibility index (Phi) is 3.73. The molecule has 0 bridgehead atoms. The number of ether oxygens (including phenoxy) is 2. The summed E-state index contributed by atoms with van der Waals surface area (Å²) >= 11 is 0. The van der Waals surface area contributed by atoms with Gasteiger partial charge in [0.2, 0.25) is 0 Å². The minimum absolute atomic E-state index is 0.135. The molecule has 1 fully saturated rings. The number of aliphatic carboxylic acids is 1. The van der Waals surface area contributed by atoms with E-state index in [0.717, 1.165) is 0 Å². The summed E-state index contributed by atoms with van der Waals surface area (Å²) in [5.41, 5.74) is -0.146. The molecule has 0 radical (unpaired) electrons.